The van der Waals surface area contributed by atoms with E-state index in [4.69, 9.17) is 9.47 Å². The Labute approximate surface area is 252 Å². The molecular weight excluding hydrogens is 548 g/mol. The van der Waals surface area contributed by atoms with Gasteiger partial charge in [0.25, 0.3) is 11.8 Å². The zero-order chi connectivity index (χ0) is 32.1. The minimum Gasteiger partial charge on any atom is -0.459 e. The average molecular weight is 587 g/mol. The summed E-state index contributed by atoms with van der Waals surface area (Å²) in [5.41, 5.74) is 1.90. The third-order valence-corrected chi connectivity index (χ3v) is 6.29. The molecule has 9 nitrogen and oxygen atoms in total. The molecule has 0 heterocycles. The highest BCUT2D eigenvalue weighted by Crippen LogP contribution is 2.25. The number of carbonyl (C=O) groups excluding carboxylic acids is 5. The summed E-state index contributed by atoms with van der Waals surface area (Å²) in [6, 6.07) is 17.3. The van der Waals surface area contributed by atoms with E-state index < -0.39 is 35.2 Å². The number of carbonyl (C=O) groups is 5. The van der Waals surface area contributed by atoms with E-state index in [0.717, 1.165) is 28.1 Å². The minimum absolute atomic E-state index is 0.0965. The fourth-order valence-electron chi connectivity index (χ4n) is 4.40. The van der Waals surface area contributed by atoms with Crippen LogP contribution in [0, 0.1) is 13.8 Å². The van der Waals surface area contributed by atoms with Gasteiger partial charge in [0.15, 0.2) is 0 Å². The molecule has 0 N–H and O–H groups in total. The van der Waals surface area contributed by atoms with E-state index in [1.807, 2.05) is 26.8 Å². The van der Waals surface area contributed by atoms with E-state index in [-0.39, 0.29) is 28.5 Å². The zero-order valence-electron chi connectivity index (χ0n) is 25.9. The third kappa shape index (κ3) is 8.16. The van der Waals surface area contributed by atoms with Crippen molar-refractivity contribution in [1.82, 2.24) is 10.0 Å². The number of esters is 2. The number of nitrogens with zero attached hydrogens (tertiary/aromatic N) is 2. The maximum Gasteiger partial charge on any atom is 0.404 e. The van der Waals surface area contributed by atoms with Crippen LogP contribution in [-0.2, 0) is 20.7 Å². The van der Waals surface area contributed by atoms with E-state index in [1.54, 1.807) is 71.0 Å². The monoisotopic (exact) mass is 586 g/mol. The summed E-state index contributed by atoms with van der Waals surface area (Å²) in [5.74, 6) is -5.09. The molecule has 3 rings (SSSR count). The second-order valence-corrected chi connectivity index (χ2v) is 11.5. The first kappa shape index (κ1) is 32.7. The van der Waals surface area contributed by atoms with Crippen molar-refractivity contribution in [3.63, 3.8) is 0 Å². The summed E-state index contributed by atoms with van der Waals surface area (Å²) in [6.45, 7) is 14.0. The van der Waals surface area contributed by atoms with E-state index >= 15 is 0 Å². The van der Waals surface area contributed by atoms with Crippen LogP contribution in [0.3, 0.4) is 0 Å². The molecule has 0 unspecified atom stereocenters. The molecule has 0 spiro atoms. The van der Waals surface area contributed by atoms with Crippen LogP contribution in [-0.4, -0.2) is 51.3 Å². The standard InChI is InChI=1S/C34H38N2O7/c1-9-24-13-15-25(16-14-24)29(37)35(36(34(6,7)8)30(38)27-18-22(4)17-23(5)19-27)31(39)33(41)43-28-12-10-11-26(20-28)32(40)42-21(2)3/h10-21H,9H2,1-8H3. The van der Waals surface area contributed by atoms with Crippen molar-refractivity contribution in [2.45, 2.75) is 73.5 Å². The number of hydrogen-bond acceptors (Lipinski definition) is 7. The normalized spacial score (nSPS) is 11.1. The number of aryl methyl sites for hydroxylation is 3. The fraction of sp³-hybridized carbons (Fsp3) is 0.324. The quantitative estimate of drug-likeness (QED) is 0.154. The zero-order valence-corrected chi connectivity index (χ0v) is 25.9. The van der Waals surface area contributed by atoms with E-state index in [2.05, 4.69) is 0 Å². The van der Waals surface area contributed by atoms with Crippen LogP contribution in [0.2, 0.25) is 0 Å². The van der Waals surface area contributed by atoms with Gasteiger partial charge in [-0.25, -0.2) is 14.6 Å². The van der Waals surface area contributed by atoms with Gasteiger partial charge in [-0.1, -0.05) is 42.3 Å². The number of benzene rings is 3. The molecule has 226 valence electrons. The minimum atomic E-state index is -1.42. The first-order valence-electron chi connectivity index (χ1n) is 14.1. The molecule has 3 amide bonds. The first-order chi connectivity index (χ1) is 20.1. The first-order valence-corrected chi connectivity index (χ1v) is 14.1. The number of amides is 3. The Hall–Kier alpha value is -4.79. The molecule has 9 heteroatoms. The van der Waals surface area contributed by atoms with Crippen LogP contribution in [0.15, 0.2) is 66.7 Å². The Bertz CT molecular complexity index is 1510. The molecule has 0 aliphatic heterocycles. The molecule has 0 fully saturated rings. The van der Waals surface area contributed by atoms with E-state index in [0.29, 0.717) is 5.01 Å². The molecule has 0 aromatic heterocycles. The molecule has 0 aliphatic rings. The number of ether oxygens (including phenoxy) is 2. The van der Waals surface area contributed by atoms with E-state index in [9.17, 15) is 24.0 Å². The summed E-state index contributed by atoms with van der Waals surface area (Å²) >= 11 is 0. The lowest BCUT2D eigenvalue weighted by molar-refractivity contribution is -0.161. The van der Waals surface area contributed by atoms with Gasteiger partial charge in [0.2, 0.25) is 0 Å². The summed E-state index contributed by atoms with van der Waals surface area (Å²) in [7, 11) is 0. The summed E-state index contributed by atoms with van der Waals surface area (Å²) in [6.07, 6.45) is 0.358. The Kier molecular flexibility index (Phi) is 10.2. The Morgan fingerprint density at radius 2 is 1.37 bits per heavy atom. The summed E-state index contributed by atoms with van der Waals surface area (Å²) in [4.78, 5) is 67.6. The van der Waals surface area contributed by atoms with Gasteiger partial charge in [-0.2, -0.15) is 5.01 Å². The predicted molar refractivity (Wildman–Crippen MR) is 161 cm³/mol. The van der Waals surface area contributed by atoms with Crippen molar-refractivity contribution in [3.8, 4) is 5.75 Å². The Balaban J connectivity index is 2.08. The molecule has 0 radical (unpaired) electrons. The second-order valence-electron chi connectivity index (χ2n) is 11.5. The van der Waals surface area contributed by atoms with Crippen molar-refractivity contribution >= 4 is 29.7 Å². The second kappa shape index (κ2) is 13.5. The van der Waals surface area contributed by atoms with Gasteiger partial charge < -0.3 is 9.47 Å². The van der Waals surface area contributed by atoms with Gasteiger partial charge in [-0.15, -0.1) is 0 Å². The van der Waals surface area contributed by atoms with Crippen molar-refractivity contribution < 1.29 is 33.4 Å². The van der Waals surface area contributed by atoms with Crippen molar-refractivity contribution in [2.24, 2.45) is 0 Å². The van der Waals surface area contributed by atoms with Crippen LogP contribution in [0.25, 0.3) is 0 Å². The lowest BCUT2D eigenvalue weighted by atomic mass is 10.0. The van der Waals surface area contributed by atoms with Gasteiger partial charge in [-0.05, 0) is 103 Å². The van der Waals surface area contributed by atoms with Crippen molar-refractivity contribution in [3.05, 3.63) is 100 Å². The van der Waals surface area contributed by atoms with E-state index in [1.165, 1.54) is 24.3 Å². The predicted octanol–water partition coefficient (Wildman–Crippen LogP) is 5.86. The van der Waals surface area contributed by atoms with Gasteiger partial charge in [0.1, 0.15) is 5.75 Å². The van der Waals surface area contributed by atoms with Crippen LogP contribution in [0.5, 0.6) is 5.75 Å². The Morgan fingerprint density at radius 3 is 1.91 bits per heavy atom. The van der Waals surface area contributed by atoms with Crippen LogP contribution in [0.4, 0.5) is 0 Å². The molecule has 0 bridgehead atoms. The van der Waals surface area contributed by atoms with Gasteiger partial charge in [0.05, 0.1) is 17.2 Å². The van der Waals surface area contributed by atoms with Crippen LogP contribution < -0.4 is 4.74 Å². The van der Waals surface area contributed by atoms with Crippen molar-refractivity contribution in [1.29, 1.82) is 0 Å². The van der Waals surface area contributed by atoms with Gasteiger partial charge in [0, 0.05) is 11.1 Å². The lowest BCUT2D eigenvalue weighted by Crippen LogP contribution is -2.62. The largest absolute Gasteiger partial charge is 0.459 e. The van der Waals surface area contributed by atoms with Gasteiger partial charge in [-0.3, -0.25) is 14.4 Å². The fourth-order valence-corrected chi connectivity index (χ4v) is 4.40. The average Bonchev–Trinajstić information content (AvgIpc) is 2.93. The highest BCUT2D eigenvalue weighted by atomic mass is 16.5. The highest BCUT2D eigenvalue weighted by Gasteiger charge is 2.43. The number of imide groups is 1. The maximum absolute atomic E-state index is 14.0. The highest BCUT2D eigenvalue weighted by molar-refractivity contribution is 6.37. The molecule has 0 saturated carbocycles. The number of hydrazine groups is 1. The molecule has 0 aliphatic carbocycles. The van der Waals surface area contributed by atoms with Gasteiger partial charge >= 0.3 is 17.8 Å². The maximum atomic E-state index is 14.0. The number of rotatable bonds is 6. The summed E-state index contributed by atoms with van der Waals surface area (Å²) in [5, 5.41) is 1.53. The van der Waals surface area contributed by atoms with Crippen LogP contribution >= 0.6 is 0 Å². The molecule has 3 aromatic rings. The Morgan fingerprint density at radius 1 is 0.767 bits per heavy atom. The number of hydrogen-bond donors (Lipinski definition) is 0. The molecule has 3 aromatic carbocycles. The third-order valence-electron chi connectivity index (χ3n) is 6.29. The van der Waals surface area contributed by atoms with Crippen LogP contribution in [0.1, 0.15) is 89.3 Å². The SMILES string of the molecule is CCc1ccc(C(=O)N(C(=O)C(=O)Oc2cccc(C(=O)OC(C)C)c2)N(C(=O)c2cc(C)cc(C)c2)C(C)(C)C)cc1. The molecule has 0 saturated heterocycles. The lowest BCUT2D eigenvalue weighted by Gasteiger charge is -2.41. The van der Waals surface area contributed by atoms with Crippen molar-refractivity contribution in [2.75, 3.05) is 0 Å². The molecule has 0 atom stereocenters. The topological polar surface area (TPSA) is 110 Å². The summed E-state index contributed by atoms with van der Waals surface area (Å²) < 4.78 is 10.5. The smallest absolute Gasteiger partial charge is 0.404 e. The molecular formula is C34H38N2O7. The molecule has 43 heavy (non-hydrogen) atoms.